The molecule has 0 saturated carbocycles. The van der Waals surface area contributed by atoms with Crippen LogP contribution in [0.1, 0.15) is 36.5 Å². The number of carbonyl (C=O) groups is 2. The van der Waals surface area contributed by atoms with Crippen molar-refractivity contribution in [2.75, 3.05) is 0 Å². The maximum atomic E-state index is 11.7. The summed E-state index contributed by atoms with van der Waals surface area (Å²) < 4.78 is 0. The van der Waals surface area contributed by atoms with Gasteiger partial charge in [-0.1, -0.05) is 25.5 Å². The molecule has 0 saturated heterocycles. The zero-order chi connectivity index (χ0) is 15.0. The van der Waals surface area contributed by atoms with Gasteiger partial charge in [0.1, 0.15) is 5.75 Å². The van der Waals surface area contributed by atoms with E-state index in [2.05, 4.69) is 16.2 Å². The van der Waals surface area contributed by atoms with Crippen molar-refractivity contribution in [3.05, 3.63) is 29.8 Å². The predicted molar refractivity (Wildman–Crippen MR) is 79.0 cm³/mol. The lowest BCUT2D eigenvalue weighted by atomic mass is 10.2. The zero-order valence-corrected chi connectivity index (χ0v) is 11.9. The van der Waals surface area contributed by atoms with Gasteiger partial charge in [-0.3, -0.25) is 20.4 Å². The Balaban J connectivity index is 2.40. The number of carbonyl (C=O) groups excluding carboxylic acids is 2. The van der Waals surface area contributed by atoms with E-state index in [0.717, 1.165) is 12.8 Å². The average molecular weight is 295 g/mol. The van der Waals surface area contributed by atoms with Crippen LogP contribution in [0.4, 0.5) is 0 Å². The number of aromatic hydroxyl groups is 1. The third-order valence-electron chi connectivity index (χ3n) is 2.45. The molecule has 0 spiro atoms. The largest absolute Gasteiger partial charge is 0.507 e. The number of para-hydroxylation sites is 1. The van der Waals surface area contributed by atoms with Crippen LogP contribution in [0.2, 0.25) is 0 Å². The minimum Gasteiger partial charge on any atom is -0.507 e. The zero-order valence-electron chi connectivity index (χ0n) is 11.1. The van der Waals surface area contributed by atoms with Crippen LogP contribution >= 0.6 is 12.2 Å². The molecule has 1 aromatic carbocycles. The van der Waals surface area contributed by atoms with Crippen LogP contribution in [0.25, 0.3) is 0 Å². The highest BCUT2D eigenvalue weighted by Crippen LogP contribution is 2.14. The first-order valence-corrected chi connectivity index (χ1v) is 6.63. The Kier molecular flexibility index (Phi) is 6.45. The van der Waals surface area contributed by atoms with Gasteiger partial charge < -0.3 is 10.4 Å². The SMILES string of the molecule is CCCCC(=O)NC(=S)NNC(=O)c1ccccc1O. The fourth-order valence-corrected chi connectivity index (χ4v) is 1.57. The molecule has 6 nitrogen and oxygen atoms in total. The van der Waals surface area contributed by atoms with Gasteiger partial charge in [-0.25, -0.2) is 0 Å². The lowest BCUT2D eigenvalue weighted by molar-refractivity contribution is -0.119. The monoisotopic (exact) mass is 295 g/mol. The van der Waals surface area contributed by atoms with Crippen molar-refractivity contribution in [2.45, 2.75) is 26.2 Å². The number of unbranched alkanes of at least 4 members (excludes halogenated alkanes) is 1. The van der Waals surface area contributed by atoms with Crippen molar-refractivity contribution in [1.29, 1.82) is 0 Å². The summed E-state index contributed by atoms with van der Waals surface area (Å²) in [5.74, 6) is -0.890. The van der Waals surface area contributed by atoms with E-state index < -0.39 is 5.91 Å². The summed E-state index contributed by atoms with van der Waals surface area (Å²) in [5, 5.41) is 11.9. The topological polar surface area (TPSA) is 90.5 Å². The predicted octanol–water partition coefficient (Wildman–Crippen LogP) is 1.22. The second-order valence-corrected chi connectivity index (χ2v) is 4.49. The Morgan fingerprint density at radius 1 is 1.25 bits per heavy atom. The number of hydrogen-bond acceptors (Lipinski definition) is 4. The molecule has 1 rings (SSSR count). The van der Waals surface area contributed by atoms with Crippen LogP contribution in [0.5, 0.6) is 5.75 Å². The van der Waals surface area contributed by atoms with Crippen LogP contribution in [0.15, 0.2) is 24.3 Å². The average Bonchev–Trinajstić information content (AvgIpc) is 2.43. The number of hydrogen-bond donors (Lipinski definition) is 4. The number of benzene rings is 1. The summed E-state index contributed by atoms with van der Waals surface area (Å²) in [4.78, 5) is 23.1. The van der Waals surface area contributed by atoms with Crippen LogP contribution in [-0.2, 0) is 4.79 Å². The number of nitrogens with one attached hydrogen (secondary N) is 3. The lowest BCUT2D eigenvalue weighted by Gasteiger charge is -2.11. The van der Waals surface area contributed by atoms with Gasteiger partial charge in [0.25, 0.3) is 5.91 Å². The second-order valence-electron chi connectivity index (χ2n) is 4.08. The van der Waals surface area contributed by atoms with Crippen molar-refractivity contribution >= 4 is 29.1 Å². The maximum absolute atomic E-state index is 11.7. The third kappa shape index (κ3) is 5.23. The minimum absolute atomic E-state index is 0.00914. The van der Waals surface area contributed by atoms with Crippen molar-refractivity contribution < 1.29 is 14.7 Å². The number of amides is 2. The smallest absolute Gasteiger partial charge is 0.273 e. The molecule has 7 heteroatoms. The Labute approximate surface area is 122 Å². The number of rotatable bonds is 4. The molecule has 0 fully saturated rings. The Bertz CT molecular complexity index is 505. The van der Waals surface area contributed by atoms with E-state index >= 15 is 0 Å². The van der Waals surface area contributed by atoms with Crippen molar-refractivity contribution in [3.63, 3.8) is 0 Å². The normalized spacial score (nSPS) is 9.65. The van der Waals surface area contributed by atoms with Crippen LogP contribution in [-0.4, -0.2) is 22.0 Å². The van der Waals surface area contributed by atoms with E-state index in [4.69, 9.17) is 12.2 Å². The highest BCUT2D eigenvalue weighted by atomic mass is 32.1. The second kappa shape index (κ2) is 8.11. The molecule has 0 aliphatic rings. The van der Waals surface area contributed by atoms with Gasteiger partial charge in [0.15, 0.2) is 5.11 Å². The van der Waals surface area contributed by atoms with Gasteiger partial charge in [0, 0.05) is 6.42 Å². The van der Waals surface area contributed by atoms with Gasteiger partial charge in [0.2, 0.25) is 5.91 Å². The molecule has 4 N–H and O–H groups in total. The molecule has 0 aromatic heterocycles. The molecule has 108 valence electrons. The standard InChI is InChI=1S/C13H17N3O3S/c1-2-3-8-11(18)14-13(20)16-15-12(19)9-6-4-5-7-10(9)17/h4-7,17H,2-3,8H2,1H3,(H,15,19)(H2,14,16,18,20). The van der Waals surface area contributed by atoms with Crippen molar-refractivity contribution in [1.82, 2.24) is 16.2 Å². The number of thiocarbonyl (C=S) groups is 1. The third-order valence-corrected chi connectivity index (χ3v) is 2.65. The summed E-state index contributed by atoms with van der Waals surface area (Å²) in [6.07, 6.45) is 2.07. The van der Waals surface area contributed by atoms with Crippen LogP contribution in [0, 0.1) is 0 Å². The quantitative estimate of drug-likeness (QED) is 0.495. The summed E-state index contributed by atoms with van der Waals surface area (Å²) >= 11 is 4.86. The molecule has 2 amide bonds. The summed E-state index contributed by atoms with van der Waals surface area (Å²) in [6, 6.07) is 6.10. The molecule has 1 aromatic rings. The Hall–Kier alpha value is -2.15. The summed E-state index contributed by atoms with van der Waals surface area (Å²) in [5.41, 5.74) is 4.81. The first-order valence-electron chi connectivity index (χ1n) is 6.22. The summed E-state index contributed by atoms with van der Waals surface area (Å²) in [6.45, 7) is 1.98. The van der Waals surface area contributed by atoms with E-state index in [-0.39, 0.29) is 22.3 Å². The van der Waals surface area contributed by atoms with Crippen molar-refractivity contribution in [2.24, 2.45) is 0 Å². The molecular formula is C13H17N3O3S. The maximum Gasteiger partial charge on any atom is 0.273 e. The van der Waals surface area contributed by atoms with Gasteiger partial charge >= 0.3 is 0 Å². The van der Waals surface area contributed by atoms with E-state index in [1.54, 1.807) is 12.1 Å². The van der Waals surface area contributed by atoms with Gasteiger partial charge in [0.05, 0.1) is 5.56 Å². The molecule has 0 aliphatic heterocycles. The number of hydrazine groups is 1. The summed E-state index contributed by atoms with van der Waals surface area (Å²) in [7, 11) is 0. The number of phenols is 1. The van der Waals surface area contributed by atoms with E-state index in [0.29, 0.717) is 6.42 Å². The Morgan fingerprint density at radius 3 is 2.60 bits per heavy atom. The minimum atomic E-state index is -0.548. The van der Waals surface area contributed by atoms with Gasteiger partial charge in [-0.2, -0.15) is 0 Å². The van der Waals surface area contributed by atoms with Gasteiger partial charge in [-0.15, -0.1) is 0 Å². The fourth-order valence-electron chi connectivity index (χ4n) is 1.40. The molecule has 0 bridgehead atoms. The molecular weight excluding hydrogens is 278 g/mol. The molecule has 0 unspecified atom stereocenters. The number of phenolic OH excluding ortho intramolecular Hbond substituents is 1. The van der Waals surface area contributed by atoms with Crippen LogP contribution < -0.4 is 16.2 Å². The molecule has 0 radical (unpaired) electrons. The first kappa shape index (κ1) is 15.9. The lowest BCUT2D eigenvalue weighted by Crippen LogP contribution is -2.48. The fraction of sp³-hybridized carbons (Fsp3) is 0.308. The highest BCUT2D eigenvalue weighted by Gasteiger charge is 2.10. The molecule has 0 atom stereocenters. The highest BCUT2D eigenvalue weighted by molar-refractivity contribution is 7.80. The molecule has 0 aliphatic carbocycles. The molecule has 20 heavy (non-hydrogen) atoms. The van der Waals surface area contributed by atoms with E-state index in [1.165, 1.54) is 12.1 Å². The van der Waals surface area contributed by atoms with Crippen molar-refractivity contribution in [3.8, 4) is 5.75 Å². The first-order chi connectivity index (χ1) is 9.54. The van der Waals surface area contributed by atoms with Gasteiger partial charge in [-0.05, 0) is 30.8 Å². The Morgan fingerprint density at radius 2 is 1.95 bits per heavy atom. The van der Waals surface area contributed by atoms with E-state index in [9.17, 15) is 14.7 Å². The van der Waals surface area contributed by atoms with E-state index in [1.807, 2.05) is 6.92 Å². The van der Waals surface area contributed by atoms with Crippen LogP contribution in [0.3, 0.4) is 0 Å². The molecule has 0 heterocycles.